The van der Waals surface area contributed by atoms with Crippen molar-refractivity contribution in [2.75, 3.05) is 0 Å². The molecule has 1 aromatic carbocycles. The number of benzene rings is 1. The zero-order valence-electron chi connectivity index (χ0n) is 8.45. The molecular formula is C12H13NO. The number of nitrogens with zero attached hydrogens (tertiary/aromatic N) is 1. The molecule has 0 aliphatic heterocycles. The van der Waals surface area contributed by atoms with E-state index in [4.69, 9.17) is 5.26 Å². The van der Waals surface area contributed by atoms with Crippen molar-refractivity contribution in [1.29, 1.82) is 5.26 Å². The maximum Gasteiger partial charge on any atom is 0.154 e. The van der Waals surface area contributed by atoms with Crippen molar-refractivity contribution in [3.05, 3.63) is 35.4 Å². The van der Waals surface area contributed by atoms with E-state index < -0.39 is 5.92 Å². The Kier molecular flexibility index (Phi) is 3.41. The Morgan fingerprint density at radius 2 is 2.29 bits per heavy atom. The summed E-state index contributed by atoms with van der Waals surface area (Å²) in [6.07, 6.45) is 0.409. The van der Waals surface area contributed by atoms with Crippen molar-refractivity contribution < 1.29 is 4.79 Å². The minimum atomic E-state index is -0.597. The van der Waals surface area contributed by atoms with Crippen LogP contribution < -0.4 is 0 Å². The van der Waals surface area contributed by atoms with Gasteiger partial charge in [0.1, 0.15) is 5.92 Å². The topological polar surface area (TPSA) is 40.9 Å². The average molecular weight is 187 g/mol. The van der Waals surface area contributed by atoms with E-state index in [0.717, 1.165) is 11.1 Å². The Bertz CT molecular complexity index is 376. The minimum Gasteiger partial charge on any atom is -0.298 e. The molecule has 1 rings (SSSR count). The highest BCUT2D eigenvalue weighted by molar-refractivity contribution is 5.88. The number of hydrogen-bond acceptors (Lipinski definition) is 2. The van der Waals surface area contributed by atoms with E-state index in [1.165, 1.54) is 0 Å². The molecule has 0 N–H and O–H groups in total. The summed E-state index contributed by atoms with van der Waals surface area (Å²) in [6.45, 7) is 3.73. The zero-order valence-corrected chi connectivity index (χ0v) is 8.45. The Hall–Kier alpha value is -1.62. The molecule has 0 unspecified atom stereocenters. The second-order valence-corrected chi connectivity index (χ2v) is 3.30. The van der Waals surface area contributed by atoms with Crippen LogP contribution in [0.3, 0.4) is 0 Å². The third kappa shape index (κ3) is 2.20. The smallest absolute Gasteiger partial charge is 0.154 e. The summed E-state index contributed by atoms with van der Waals surface area (Å²) in [6, 6.07) is 9.59. The van der Waals surface area contributed by atoms with Gasteiger partial charge in [-0.15, -0.1) is 0 Å². The standard InChI is InChI=1S/C12H13NO/c1-3-12(14)11(8-13)10-6-4-5-9(2)7-10/h4-7,11H,3H2,1-2H3/t11-/m0/s1. The van der Waals surface area contributed by atoms with Crippen LogP contribution in [0.2, 0.25) is 0 Å². The highest BCUT2D eigenvalue weighted by Gasteiger charge is 2.17. The first-order valence-electron chi connectivity index (χ1n) is 4.68. The molecule has 2 nitrogen and oxygen atoms in total. The maximum atomic E-state index is 11.4. The molecule has 0 amide bonds. The quantitative estimate of drug-likeness (QED) is 0.729. The van der Waals surface area contributed by atoms with Gasteiger partial charge < -0.3 is 0 Å². The second-order valence-electron chi connectivity index (χ2n) is 3.30. The summed E-state index contributed by atoms with van der Waals surface area (Å²) in [5.41, 5.74) is 1.88. The van der Waals surface area contributed by atoms with E-state index >= 15 is 0 Å². The van der Waals surface area contributed by atoms with Crippen molar-refractivity contribution in [1.82, 2.24) is 0 Å². The predicted molar refractivity (Wildman–Crippen MR) is 54.8 cm³/mol. The number of nitriles is 1. The monoisotopic (exact) mass is 187 g/mol. The normalized spacial score (nSPS) is 11.8. The van der Waals surface area contributed by atoms with Crippen molar-refractivity contribution >= 4 is 5.78 Å². The maximum absolute atomic E-state index is 11.4. The lowest BCUT2D eigenvalue weighted by molar-refractivity contribution is -0.119. The summed E-state index contributed by atoms with van der Waals surface area (Å²) in [7, 11) is 0. The van der Waals surface area contributed by atoms with Crippen LogP contribution in [-0.2, 0) is 4.79 Å². The number of carbonyl (C=O) groups is 1. The summed E-state index contributed by atoms with van der Waals surface area (Å²) >= 11 is 0. The fourth-order valence-electron chi connectivity index (χ4n) is 1.39. The molecule has 0 aliphatic carbocycles. The van der Waals surface area contributed by atoms with Crippen LogP contribution >= 0.6 is 0 Å². The van der Waals surface area contributed by atoms with Gasteiger partial charge in [0.2, 0.25) is 0 Å². The van der Waals surface area contributed by atoms with Crippen LogP contribution in [0.25, 0.3) is 0 Å². The van der Waals surface area contributed by atoms with E-state index in [0.29, 0.717) is 6.42 Å². The fourth-order valence-corrected chi connectivity index (χ4v) is 1.39. The molecule has 0 spiro atoms. The van der Waals surface area contributed by atoms with Crippen LogP contribution in [0.15, 0.2) is 24.3 Å². The number of aryl methyl sites for hydroxylation is 1. The summed E-state index contributed by atoms with van der Waals surface area (Å²) in [5.74, 6) is -0.613. The molecule has 2 heteroatoms. The number of rotatable bonds is 3. The summed E-state index contributed by atoms with van der Waals surface area (Å²) in [4.78, 5) is 11.4. The average Bonchev–Trinajstić information content (AvgIpc) is 2.19. The summed E-state index contributed by atoms with van der Waals surface area (Å²) in [5, 5.41) is 8.90. The van der Waals surface area contributed by atoms with Gasteiger partial charge in [0.05, 0.1) is 6.07 Å². The highest BCUT2D eigenvalue weighted by atomic mass is 16.1. The number of Topliss-reactive ketones (excluding diaryl/α,β-unsaturated/α-hetero) is 1. The Balaban J connectivity index is 3.02. The van der Waals surface area contributed by atoms with E-state index in [1.807, 2.05) is 37.3 Å². The number of hydrogen-bond donors (Lipinski definition) is 0. The Morgan fingerprint density at radius 3 is 2.79 bits per heavy atom. The predicted octanol–water partition coefficient (Wildman–Crippen LogP) is 2.58. The lowest BCUT2D eigenvalue weighted by Gasteiger charge is -2.07. The van der Waals surface area contributed by atoms with Crippen molar-refractivity contribution in [3.8, 4) is 6.07 Å². The molecule has 14 heavy (non-hydrogen) atoms. The molecule has 0 saturated heterocycles. The minimum absolute atomic E-state index is 0.0156. The molecule has 0 bridgehead atoms. The SMILES string of the molecule is CCC(=O)[C@@H](C#N)c1cccc(C)c1. The molecule has 0 saturated carbocycles. The molecule has 72 valence electrons. The highest BCUT2D eigenvalue weighted by Crippen LogP contribution is 2.18. The van der Waals surface area contributed by atoms with Crippen molar-refractivity contribution in [3.63, 3.8) is 0 Å². The lowest BCUT2D eigenvalue weighted by atomic mass is 9.94. The lowest BCUT2D eigenvalue weighted by Crippen LogP contribution is -2.09. The molecule has 0 heterocycles. The first-order chi connectivity index (χ1) is 6.69. The number of ketones is 1. The Labute approximate surface area is 84.2 Å². The van der Waals surface area contributed by atoms with Gasteiger partial charge >= 0.3 is 0 Å². The first kappa shape index (κ1) is 10.5. The van der Waals surface area contributed by atoms with Crippen LogP contribution in [0.4, 0.5) is 0 Å². The van der Waals surface area contributed by atoms with Gasteiger partial charge in [0.25, 0.3) is 0 Å². The molecule has 1 aromatic rings. The van der Waals surface area contributed by atoms with Gasteiger partial charge in [-0.1, -0.05) is 36.8 Å². The van der Waals surface area contributed by atoms with Crippen molar-refractivity contribution in [2.24, 2.45) is 0 Å². The van der Waals surface area contributed by atoms with Crippen molar-refractivity contribution in [2.45, 2.75) is 26.2 Å². The third-order valence-corrected chi connectivity index (χ3v) is 2.17. The molecule has 0 fully saturated rings. The van der Waals surface area contributed by atoms with Gasteiger partial charge in [-0.05, 0) is 12.5 Å². The van der Waals surface area contributed by atoms with Gasteiger partial charge in [-0.25, -0.2) is 0 Å². The summed E-state index contributed by atoms with van der Waals surface area (Å²) < 4.78 is 0. The first-order valence-corrected chi connectivity index (χ1v) is 4.68. The molecule has 1 atom stereocenters. The second kappa shape index (κ2) is 4.57. The largest absolute Gasteiger partial charge is 0.298 e. The Morgan fingerprint density at radius 1 is 1.57 bits per heavy atom. The van der Waals surface area contributed by atoms with Gasteiger partial charge in [0.15, 0.2) is 5.78 Å². The van der Waals surface area contributed by atoms with E-state index in [9.17, 15) is 4.79 Å². The number of carbonyl (C=O) groups excluding carboxylic acids is 1. The molecule has 0 aromatic heterocycles. The van der Waals surface area contributed by atoms with E-state index in [-0.39, 0.29) is 5.78 Å². The zero-order chi connectivity index (χ0) is 10.6. The van der Waals surface area contributed by atoms with Crippen LogP contribution in [-0.4, -0.2) is 5.78 Å². The molecule has 0 radical (unpaired) electrons. The fraction of sp³-hybridized carbons (Fsp3) is 0.333. The van der Waals surface area contributed by atoms with E-state index in [2.05, 4.69) is 0 Å². The third-order valence-electron chi connectivity index (χ3n) is 2.17. The van der Waals surface area contributed by atoms with Crippen LogP contribution in [0.5, 0.6) is 0 Å². The molecule has 0 aliphatic rings. The van der Waals surface area contributed by atoms with Crippen LogP contribution in [0.1, 0.15) is 30.4 Å². The van der Waals surface area contributed by atoms with Gasteiger partial charge in [0, 0.05) is 6.42 Å². The van der Waals surface area contributed by atoms with E-state index in [1.54, 1.807) is 6.92 Å². The van der Waals surface area contributed by atoms with Gasteiger partial charge in [-0.3, -0.25) is 4.79 Å². The van der Waals surface area contributed by atoms with Crippen LogP contribution in [0, 0.1) is 18.3 Å². The van der Waals surface area contributed by atoms with Gasteiger partial charge in [-0.2, -0.15) is 5.26 Å². The molecular weight excluding hydrogens is 174 g/mol.